The summed E-state index contributed by atoms with van der Waals surface area (Å²) in [4.78, 5) is 25.4. The van der Waals surface area contributed by atoms with Gasteiger partial charge in [0.05, 0.1) is 0 Å². The lowest BCUT2D eigenvalue weighted by Crippen LogP contribution is -2.41. The Kier molecular flexibility index (Phi) is 7.29. The molecule has 1 N–H and O–H groups in total. The van der Waals surface area contributed by atoms with E-state index in [4.69, 9.17) is 0 Å². The lowest BCUT2D eigenvalue weighted by molar-refractivity contribution is -0.133. The summed E-state index contributed by atoms with van der Waals surface area (Å²) in [6, 6.07) is 10.5. The maximum absolute atomic E-state index is 12.4. The van der Waals surface area contributed by atoms with Gasteiger partial charge in [-0.3, -0.25) is 9.59 Å². The maximum Gasteiger partial charge on any atom is 0.222 e. The molecule has 132 valence electrons. The number of nitrogens with zero attached hydrogens (tertiary/aromatic N) is 1. The Bertz CT molecular complexity index is 522. The summed E-state index contributed by atoms with van der Waals surface area (Å²) in [5.41, 5.74) is 1.34. The Morgan fingerprint density at radius 1 is 1.21 bits per heavy atom. The summed E-state index contributed by atoms with van der Waals surface area (Å²) in [6.07, 6.45) is 4.71. The summed E-state index contributed by atoms with van der Waals surface area (Å²) in [5.74, 6) is 1.23. The normalized spacial score (nSPS) is 16.7. The van der Waals surface area contributed by atoms with Crippen LogP contribution in [-0.2, 0) is 16.0 Å². The van der Waals surface area contributed by atoms with Crippen LogP contribution in [0.5, 0.6) is 0 Å². The highest BCUT2D eigenvalue weighted by Gasteiger charge is 2.23. The van der Waals surface area contributed by atoms with Crippen LogP contribution in [0, 0.1) is 11.8 Å². The van der Waals surface area contributed by atoms with Crippen molar-refractivity contribution in [2.24, 2.45) is 11.8 Å². The predicted octanol–water partition coefficient (Wildman–Crippen LogP) is 3.02. The van der Waals surface area contributed by atoms with E-state index in [9.17, 15) is 9.59 Å². The second kappa shape index (κ2) is 9.45. The Morgan fingerprint density at radius 2 is 1.88 bits per heavy atom. The number of aryl methyl sites for hydroxylation is 1. The van der Waals surface area contributed by atoms with Crippen molar-refractivity contribution < 1.29 is 9.59 Å². The van der Waals surface area contributed by atoms with E-state index in [-0.39, 0.29) is 11.8 Å². The molecule has 1 saturated heterocycles. The molecule has 2 rings (SSSR count). The highest BCUT2D eigenvalue weighted by Crippen LogP contribution is 2.20. The zero-order valence-corrected chi connectivity index (χ0v) is 15.0. The topological polar surface area (TPSA) is 49.4 Å². The van der Waals surface area contributed by atoms with Crippen LogP contribution < -0.4 is 5.32 Å². The fourth-order valence-corrected chi connectivity index (χ4v) is 3.26. The summed E-state index contributed by atoms with van der Waals surface area (Å²) in [7, 11) is 0. The van der Waals surface area contributed by atoms with Crippen molar-refractivity contribution in [3.8, 4) is 0 Å². The number of hydrogen-bond donors (Lipinski definition) is 1. The Morgan fingerprint density at radius 3 is 2.50 bits per heavy atom. The van der Waals surface area contributed by atoms with E-state index in [1.54, 1.807) is 6.92 Å². The summed E-state index contributed by atoms with van der Waals surface area (Å²) in [5, 5.41) is 2.88. The lowest BCUT2D eigenvalue weighted by atomic mass is 9.94. The minimum atomic E-state index is 0.0285. The molecule has 1 aromatic rings. The number of carbonyl (C=O) groups excluding carboxylic acids is 2. The van der Waals surface area contributed by atoms with E-state index in [2.05, 4.69) is 36.5 Å². The van der Waals surface area contributed by atoms with E-state index in [1.165, 1.54) is 5.56 Å². The molecule has 1 heterocycles. The molecule has 0 aliphatic carbocycles. The molecule has 0 aromatic heterocycles. The average molecular weight is 330 g/mol. The summed E-state index contributed by atoms with van der Waals surface area (Å²) >= 11 is 0. The van der Waals surface area contributed by atoms with Crippen molar-refractivity contribution >= 4 is 11.8 Å². The number of rotatable bonds is 7. The van der Waals surface area contributed by atoms with Gasteiger partial charge < -0.3 is 10.2 Å². The molecular formula is C20H30N2O2. The number of piperidine rings is 1. The van der Waals surface area contributed by atoms with Gasteiger partial charge in [-0.05, 0) is 43.1 Å². The molecule has 1 fully saturated rings. The average Bonchev–Trinajstić information content (AvgIpc) is 2.59. The van der Waals surface area contributed by atoms with Gasteiger partial charge in [-0.1, -0.05) is 37.3 Å². The van der Waals surface area contributed by atoms with Crippen molar-refractivity contribution in [2.45, 2.75) is 46.0 Å². The highest BCUT2D eigenvalue weighted by atomic mass is 16.2. The molecule has 0 saturated carbocycles. The zero-order chi connectivity index (χ0) is 17.4. The molecule has 1 aliphatic heterocycles. The molecule has 1 aromatic carbocycles. The van der Waals surface area contributed by atoms with Crippen molar-refractivity contribution in [1.82, 2.24) is 10.2 Å². The fourth-order valence-electron chi connectivity index (χ4n) is 3.26. The first-order valence-corrected chi connectivity index (χ1v) is 9.10. The SMILES string of the molecule is CC(=O)NCC1CCN(C(=O)C[C@@H](C)CCc2ccccc2)CC1. The highest BCUT2D eigenvalue weighted by molar-refractivity contribution is 5.76. The molecule has 0 spiro atoms. The van der Waals surface area contributed by atoms with Crippen molar-refractivity contribution in [2.75, 3.05) is 19.6 Å². The molecule has 2 amide bonds. The largest absolute Gasteiger partial charge is 0.356 e. The Balaban J connectivity index is 1.66. The second-order valence-electron chi connectivity index (χ2n) is 7.09. The number of hydrogen-bond acceptors (Lipinski definition) is 2. The molecule has 24 heavy (non-hydrogen) atoms. The molecule has 1 aliphatic rings. The van der Waals surface area contributed by atoms with Crippen LogP contribution in [0.1, 0.15) is 45.1 Å². The number of carbonyl (C=O) groups is 2. The maximum atomic E-state index is 12.4. The lowest BCUT2D eigenvalue weighted by Gasteiger charge is -2.32. The van der Waals surface area contributed by atoms with Gasteiger partial charge >= 0.3 is 0 Å². The third-order valence-corrected chi connectivity index (χ3v) is 4.90. The standard InChI is InChI=1S/C20H30N2O2/c1-16(8-9-18-6-4-3-5-7-18)14-20(24)22-12-10-19(11-13-22)15-21-17(2)23/h3-7,16,19H,8-15H2,1-2H3,(H,21,23)/t16-/m0/s1. The predicted molar refractivity (Wildman–Crippen MR) is 96.5 cm³/mol. The van der Waals surface area contributed by atoms with E-state index in [0.717, 1.165) is 45.3 Å². The molecule has 4 heteroatoms. The van der Waals surface area contributed by atoms with Crippen molar-refractivity contribution in [3.63, 3.8) is 0 Å². The molecule has 4 nitrogen and oxygen atoms in total. The smallest absolute Gasteiger partial charge is 0.222 e. The monoisotopic (exact) mass is 330 g/mol. The number of likely N-dealkylation sites (tertiary alicyclic amines) is 1. The first-order valence-electron chi connectivity index (χ1n) is 9.10. The van der Waals surface area contributed by atoms with Crippen LogP contribution >= 0.6 is 0 Å². The number of benzene rings is 1. The summed E-state index contributed by atoms with van der Waals surface area (Å²) < 4.78 is 0. The number of amides is 2. The minimum absolute atomic E-state index is 0.0285. The first-order chi connectivity index (χ1) is 11.5. The first kappa shape index (κ1) is 18.5. The Hall–Kier alpha value is -1.84. The van der Waals surface area contributed by atoms with Crippen LogP contribution in [0.3, 0.4) is 0 Å². The van der Waals surface area contributed by atoms with E-state index in [1.807, 2.05) is 11.0 Å². The molecule has 0 radical (unpaired) electrons. The van der Waals surface area contributed by atoms with Crippen molar-refractivity contribution in [1.29, 1.82) is 0 Å². The third-order valence-electron chi connectivity index (χ3n) is 4.90. The van der Waals surface area contributed by atoms with Crippen LogP contribution in [-0.4, -0.2) is 36.3 Å². The minimum Gasteiger partial charge on any atom is -0.356 e. The van der Waals surface area contributed by atoms with Crippen LogP contribution in [0.2, 0.25) is 0 Å². The van der Waals surface area contributed by atoms with Gasteiger partial charge in [-0.15, -0.1) is 0 Å². The molecule has 0 unspecified atom stereocenters. The van der Waals surface area contributed by atoms with E-state index < -0.39 is 0 Å². The Labute approximate surface area is 145 Å². The van der Waals surface area contributed by atoms with E-state index in [0.29, 0.717) is 18.3 Å². The van der Waals surface area contributed by atoms with Gasteiger partial charge in [-0.2, -0.15) is 0 Å². The van der Waals surface area contributed by atoms with Crippen LogP contribution in [0.25, 0.3) is 0 Å². The molecular weight excluding hydrogens is 300 g/mol. The van der Waals surface area contributed by atoms with Gasteiger partial charge in [0, 0.05) is 33.0 Å². The van der Waals surface area contributed by atoms with Crippen LogP contribution in [0.4, 0.5) is 0 Å². The third kappa shape index (κ3) is 6.34. The van der Waals surface area contributed by atoms with Gasteiger partial charge in [-0.25, -0.2) is 0 Å². The van der Waals surface area contributed by atoms with Crippen LogP contribution in [0.15, 0.2) is 30.3 Å². The molecule has 0 bridgehead atoms. The number of nitrogens with one attached hydrogen (secondary N) is 1. The molecule has 1 atom stereocenters. The summed E-state index contributed by atoms with van der Waals surface area (Å²) in [6.45, 7) is 6.12. The second-order valence-corrected chi connectivity index (χ2v) is 7.09. The van der Waals surface area contributed by atoms with Gasteiger partial charge in [0.1, 0.15) is 0 Å². The zero-order valence-electron chi connectivity index (χ0n) is 15.0. The van der Waals surface area contributed by atoms with E-state index >= 15 is 0 Å². The fraction of sp³-hybridized carbons (Fsp3) is 0.600. The van der Waals surface area contributed by atoms with Crippen molar-refractivity contribution in [3.05, 3.63) is 35.9 Å². The van der Waals surface area contributed by atoms with Gasteiger partial charge in [0.25, 0.3) is 0 Å². The quantitative estimate of drug-likeness (QED) is 0.835. The van der Waals surface area contributed by atoms with Gasteiger partial charge in [0.15, 0.2) is 0 Å². The van der Waals surface area contributed by atoms with Gasteiger partial charge in [0.2, 0.25) is 11.8 Å².